The molecule has 0 atom stereocenters. The number of rotatable bonds is 4. The summed E-state index contributed by atoms with van der Waals surface area (Å²) in [5, 5.41) is 11.6. The number of anilines is 3. The largest absolute Gasteiger partial charge is 0.482 e. The van der Waals surface area contributed by atoms with Gasteiger partial charge in [-0.3, -0.25) is 4.79 Å². The molecular formula is C12H17N3O3. The summed E-state index contributed by atoms with van der Waals surface area (Å²) >= 11 is 0. The Bertz CT molecular complexity index is 462. The summed E-state index contributed by atoms with van der Waals surface area (Å²) in [6.45, 7) is 0.843. The van der Waals surface area contributed by atoms with Gasteiger partial charge in [0.1, 0.15) is 5.75 Å². The van der Waals surface area contributed by atoms with Gasteiger partial charge in [-0.25, -0.2) is 0 Å². The van der Waals surface area contributed by atoms with Crippen molar-refractivity contribution in [3.05, 3.63) is 12.1 Å². The van der Waals surface area contributed by atoms with Gasteiger partial charge in [0.05, 0.1) is 17.1 Å². The maximum atomic E-state index is 11.2. The van der Waals surface area contributed by atoms with Gasteiger partial charge in [0.25, 0.3) is 5.91 Å². The van der Waals surface area contributed by atoms with Crippen LogP contribution in [0.15, 0.2) is 12.1 Å². The highest BCUT2D eigenvalue weighted by molar-refractivity contribution is 5.97. The predicted octanol–water partition coefficient (Wildman–Crippen LogP) is 0.418. The Hall–Kier alpha value is -1.95. The van der Waals surface area contributed by atoms with Gasteiger partial charge in [-0.2, -0.15) is 0 Å². The van der Waals surface area contributed by atoms with Crippen LogP contribution in [0.25, 0.3) is 0 Å². The van der Waals surface area contributed by atoms with Crippen LogP contribution in [0.4, 0.5) is 17.1 Å². The molecule has 1 amide bonds. The number of benzene rings is 1. The van der Waals surface area contributed by atoms with Gasteiger partial charge in [0.2, 0.25) is 0 Å². The Kier molecular flexibility index (Phi) is 3.57. The molecule has 0 aromatic heterocycles. The number of nitrogen functional groups attached to an aromatic ring is 1. The van der Waals surface area contributed by atoms with Crippen LogP contribution in [0.2, 0.25) is 0 Å². The average molecular weight is 251 g/mol. The van der Waals surface area contributed by atoms with E-state index in [1.54, 1.807) is 12.1 Å². The van der Waals surface area contributed by atoms with Gasteiger partial charge in [-0.1, -0.05) is 0 Å². The van der Waals surface area contributed by atoms with Crippen LogP contribution in [0.5, 0.6) is 5.75 Å². The topological polar surface area (TPSA) is 87.8 Å². The third-order valence-corrected chi connectivity index (χ3v) is 2.82. The van der Waals surface area contributed by atoms with Crippen molar-refractivity contribution in [3.8, 4) is 5.75 Å². The Labute approximate surface area is 105 Å². The number of nitrogens with two attached hydrogens (primary N) is 1. The molecule has 1 aliphatic heterocycles. The fourth-order valence-corrected chi connectivity index (χ4v) is 1.89. The summed E-state index contributed by atoms with van der Waals surface area (Å²) in [5.41, 5.74) is 7.99. The van der Waals surface area contributed by atoms with Crippen molar-refractivity contribution in [2.45, 2.75) is 6.42 Å². The summed E-state index contributed by atoms with van der Waals surface area (Å²) in [6, 6.07) is 3.50. The number of fused-ring (bicyclic) bond motifs is 1. The number of aliphatic hydroxyl groups is 1. The number of hydrogen-bond acceptors (Lipinski definition) is 5. The molecule has 6 nitrogen and oxygen atoms in total. The number of carbonyl (C=O) groups excluding carboxylic acids is 1. The van der Waals surface area contributed by atoms with E-state index in [4.69, 9.17) is 15.6 Å². The Morgan fingerprint density at radius 3 is 3.06 bits per heavy atom. The zero-order valence-corrected chi connectivity index (χ0v) is 10.3. The highest BCUT2D eigenvalue weighted by Crippen LogP contribution is 2.36. The Balaban J connectivity index is 2.26. The van der Waals surface area contributed by atoms with Gasteiger partial charge in [-0.05, 0) is 12.5 Å². The van der Waals surface area contributed by atoms with Crippen molar-refractivity contribution in [3.63, 3.8) is 0 Å². The van der Waals surface area contributed by atoms with E-state index in [0.717, 1.165) is 5.69 Å². The van der Waals surface area contributed by atoms with Crippen LogP contribution in [-0.4, -0.2) is 37.8 Å². The van der Waals surface area contributed by atoms with Gasteiger partial charge >= 0.3 is 0 Å². The van der Waals surface area contributed by atoms with E-state index in [2.05, 4.69) is 5.32 Å². The number of carbonyl (C=O) groups is 1. The third-order valence-electron chi connectivity index (χ3n) is 2.82. The minimum atomic E-state index is -0.170. The number of nitrogens with one attached hydrogen (secondary N) is 1. The lowest BCUT2D eigenvalue weighted by Crippen LogP contribution is -2.26. The molecular weight excluding hydrogens is 234 g/mol. The van der Waals surface area contributed by atoms with E-state index in [1.807, 2.05) is 11.9 Å². The fourth-order valence-electron chi connectivity index (χ4n) is 1.89. The third kappa shape index (κ3) is 2.48. The van der Waals surface area contributed by atoms with Gasteiger partial charge in [0, 0.05) is 26.3 Å². The lowest BCUT2D eigenvalue weighted by molar-refractivity contribution is -0.118. The van der Waals surface area contributed by atoms with E-state index in [9.17, 15) is 4.79 Å². The molecule has 0 saturated carbocycles. The molecule has 2 rings (SSSR count). The van der Waals surface area contributed by atoms with E-state index < -0.39 is 0 Å². The minimum Gasteiger partial charge on any atom is -0.482 e. The number of ether oxygens (including phenoxy) is 1. The Morgan fingerprint density at radius 1 is 1.56 bits per heavy atom. The predicted molar refractivity (Wildman–Crippen MR) is 70.0 cm³/mol. The number of hydrogen-bond donors (Lipinski definition) is 3. The quantitative estimate of drug-likeness (QED) is 0.675. The molecule has 0 spiro atoms. The van der Waals surface area contributed by atoms with Crippen LogP contribution in [0, 0.1) is 0 Å². The molecule has 1 aliphatic rings. The summed E-state index contributed by atoms with van der Waals surface area (Å²) in [7, 11) is 1.89. The highest BCUT2D eigenvalue weighted by atomic mass is 16.5. The van der Waals surface area contributed by atoms with Gasteiger partial charge in [-0.15, -0.1) is 0 Å². The molecule has 1 aromatic rings. The molecule has 18 heavy (non-hydrogen) atoms. The zero-order valence-electron chi connectivity index (χ0n) is 10.3. The molecule has 0 unspecified atom stereocenters. The fraction of sp³-hybridized carbons (Fsp3) is 0.417. The van der Waals surface area contributed by atoms with Gasteiger partial charge < -0.3 is 25.8 Å². The maximum absolute atomic E-state index is 11.2. The molecule has 0 fully saturated rings. The first-order chi connectivity index (χ1) is 8.61. The summed E-state index contributed by atoms with van der Waals surface area (Å²) in [4.78, 5) is 13.2. The Morgan fingerprint density at radius 2 is 2.33 bits per heavy atom. The first kappa shape index (κ1) is 12.5. The zero-order chi connectivity index (χ0) is 13.1. The lowest BCUT2D eigenvalue weighted by Gasteiger charge is -2.25. The lowest BCUT2D eigenvalue weighted by atomic mass is 10.2. The smallest absolute Gasteiger partial charge is 0.262 e. The molecule has 0 radical (unpaired) electrons. The van der Waals surface area contributed by atoms with Crippen LogP contribution in [-0.2, 0) is 4.79 Å². The first-order valence-corrected chi connectivity index (χ1v) is 5.80. The van der Waals surface area contributed by atoms with E-state index in [1.165, 1.54) is 0 Å². The van der Waals surface area contributed by atoms with Crippen LogP contribution < -0.4 is 20.7 Å². The molecule has 0 aliphatic carbocycles. The van der Waals surface area contributed by atoms with Crippen LogP contribution in [0.3, 0.4) is 0 Å². The average Bonchev–Trinajstić information content (AvgIpc) is 2.35. The molecule has 4 N–H and O–H groups in total. The monoisotopic (exact) mass is 251 g/mol. The molecule has 1 heterocycles. The van der Waals surface area contributed by atoms with E-state index >= 15 is 0 Å². The normalized spacial score (nSPS) is 13.6. The van der Waals surface area contributed by atoms with Crippen molar-refractivity contribution in [2.24, 2.45) is 0 Å². The molecule has 0 saturated heterocycles. The van der Waals surface area contributed by atoms with Crippen molar-refractivity contribution >= 4 is 23.0 Å². The first-order valence-electron chi connectivity index (χ1n) is 5.80. The molecule has 1 aromatic carbocycles. The standard InChI is InChI=1S/C12H17N3O3/c1-15(3-2-4-16)10-6-9-11(5-8(10)13)18-7-12(17)14-9/h5-6,16H,2-4,7,13H2,1H3,(H,14,17). The van der Waals surface area contributed by atoms with Crippen LogP contribution >= 0.6 is 0 Å². The SMILES string of the molecule is CN(CCCO)c1cc2c(cc1N)OCC(=O)N2. The number of aliphatic hydroxyl groups excluding tert-OH is 1. The highest BCUT2D eigenvalue weighted by Gasteiger charge is 2.18. The second-order valence-corrected chi connectivity index (χ2v) is 4.24. The molecule has 6 heteroatoms. The van der Waals surface area contributed by atoms with Crippen molar-refractivity contribution < 1.29 is 14.6 Å². The maximum Gasteiger partial charge on any atom is 0.262 e. The molecule has 0 bridgehead atoms. The van der Waals surface area contributed by atoms with Gasteiger partial charge in [0.15, 0.2) is 6.61 Å². The second kappa shape index (κ2) is 5.14. The van der Waals surface area contributed by atoms with Crippen LogP contribution in [0.1, 0.15) is 6.42 Å². The number of nitrogens with zero attached hydrogens (tertiary/aromatic N) is 1. The van der Waals surface area contributed by atoms with E-state index in [-0.39, 0.29) is 19.1 Å². The summed E-state index contributed by atoms with van der Waals surface area (Å²) in [5.74, 6) is 0.419. The minimum absolute atomic E-state index is 0.0200. The van der Waals surface area contributed by atoms with E-state index in [0.29, 0.717) is 30.1 Å². The summed E-state index contributed by atoms with van der Waals surface area (Å²) < 4.78 is 5.28. The summed E-state index contributed by atoms with van der Waals surface area (Å²) in [6.07, 6.45) is 0.663. The number of amides is 1. The van der Waals surface area contributed by atoms with Crippen molar-refractivity contribution in [2.75, 3.05) is 42.8 Å². The van der Waals surface area contributed by atoms with Crippen molar-refractivity contribution in [1.29, 1.82) is 0 Å². The second-order valence-electron chi connectivity index (χ2n) is 4.24. The van der Waals surface area contributed by atoms with Crippen molar-refractivity contribution in [1.82, 2.24) is 0 Å². The molecule has 98 valence electrons.